The minimum Gasteiger partial charge on any atom is -0.347 e. The van der Waals surface area contributed by atoms with E-state index in [1.165, 1.54) is 16.0 Å². The maximum atomic E-state index is 12.6. The highest BCUT2D eigenvalue weighted by atomic mass is 16.2. The molecule has 150 valence electrons. The molecule has 1 heterocycles. The molecular formula is C21H36N4O2+2. The van der Waals surface area contributed by atoms with Crippen LogP contribution in [0.2, 0.25) is 0 Å². The number of carbonyl (C=O) groups excluding carboxylic acids is 2. The maximum Gasteiger partial charge on any atom is 0.278 e. The highest BCUT2D eigenvalue weighted by molar-refractivity contribution is 5.79. The Morgan fingerprint density at radius 3 is 2.37 bits per heavy atom. The van der Waals surface area contributed by atoms with E-state index in [0.717, 1.165) is 37.6 Å². The minimum absolute atomic E-state index is 0.0136. The number of piperazine rings is 1. The van der Waals surface area contributed by atoms with Gasteiger partial charge in [0, 0.05) is 11.1 Å². The molecule has 1 saturated heterocycles. The zero-order chi connectivity index (χ0) is 20.0. The Bertz CT molecular complexity index is 646. The van der Waals surface area contributed by atoms with Crippen LogP contribution in [0.25, 0.3) is 0 Å². The number of benzene rings is 1. The first-order chi connectivity index (χ1) is 12.6. The van der Waals surface area contributed by atoms with Crippen LogP contribution in [0.5, 0.6) is 0 Å². The molecular weight excluding hydrogens is 340 g/mol. The van der Waals surface area contributed by atoms with Crippen molar-refractivity contribution in [3.8, 4) is 0 Å². The summed E-state index contributed by atoms with van der Waals surface area (Å²) < 4.78 is 0. The summed E-state index contributed by atoms with van der Waals surface area (Å²) >= 11 is 0. The van der Waals surface area contributed by atoms with Crippen LogP contribution in [0.15, 0.2) is 24.3 Å². The number of hydrogen-bond acceptors (Lipinski definition) is 2. The van der Waals surface area contributed by atoms with Crippen LogP contribution in [0.4, 0.5) is 0 Å². The number of hydrogen-bond donors (Lipinski definition) is 3. The van der Waals surface area contributed by atoms with Gasteiger partial charge in [-0.05, 0) is 33.3 Å². The number of nitrogens with zero attached hydrogens (tertiary/aromatic N) is 1. The molecule has 1 fully saturated rings. The van der Waals surface area contributed by atoms with Gasteiger partial charge in [-0.2, -0.15) is 0 Å². The molecule has 1 unspecified atom stereocenters. The summed E-state index contributed by atoms with van der Waals surface area (Å²) in [6.45, 7) is 13.3. The summed E-state index contributed by atoms with van der Waals surface area (Å²) in [6.07, 6.45) is 0. The predicted molar refractivity (Wildman–Crippen MR) is 107 cm³/mol. The zero-order valence-corrected chi connectivity index (χ0v) is 17.5. The predicted octanol–water partition coefficient (Wildman–Crippen LogP) is -1.35. The van der Waals surface area contributed by atoms with E-state index in [-0.39, 0.29) is 17.4 Å². The summed E-state index contributed by atoms with van der Waals surface area (Å²) in [5, 5.41) is 2.95. The van der Waals surface area contributed by atoms with Gasteiger partial charge in [-0.3, -0.25) is 9.59 Å². The molecule has 0 saturated carbocycles. The molecule has 1 aliphatic rings. The minimum atomic E-state index is -0.239. The number of carbonyl (C=O) groups is 2. The fourth-order valence-electron chi connectivity index (χ4n) is 3.50. The monoisotopic (exact) mass is 376 g/mol. The van der Waals surface area contributed by atoms with Crippen molar-refractivity contribution in [2.45, 2.75) is 39.8 Å². The van der Waals surface area contributed by atoms with E-state index in [0.29, 0.717) is 13.1 Å². The lowest BCUT2D eigenvalue weighted by molar-refractivity contribution is -0.917. The lowest BCUT2D eigenvalue weighted by atomic mass is 10.1. The zero-order valence-electron chi connectivity index (χ0n) is 17.5. The smallest absolute Gasteiger partial charge is 0.278 e. The summed E-state index contributed by atoms with van der Waals surface area (Å²) in [4.78, 5) is 29.0. The molecule has 1 aliphatic heterocycles. The van der Waals surface area contributed by atoms with Crippen molar-refractivity contribution in [1.82, 2.24) is 10.2 Å². The van der Waals surface area contributed by atoms with Crippen molar-refractivity contribution in [2.24, 2.45) is 0 Å². The summed E-state index contributed by atoms with van der Waals surface area (Å²) in [5.74, 6) is 0.131. The highest BCUT2D eigenvalue weighted by Gasteiger charge is 2.26. The quantitative estimate of drug-likeness (QED) is 0.575. The molecule has 27 heavy (non-hydrogen) atoms. The Kier molecular flexibility index (Phi) is 7.39. The standard InChI is InChI=1S/C21H34N4O2/c1-17-8-6-7-9-18(17)14-24-10-12-25(13-11-24)20(27)16-23(5)15-19(26)22-21(2,3)4/h6-9H,10-16H2,1-5H3,(H,22,26)/p+2. The largest absolute Gasteiger partial charge is 0.347 e. The van der Waals surface area contributed by atoms with Crippen LogP contribution in [0.1, 0.15) is 31.9 Å². The SMILES string of the molecule is Cc1ccccc1C[NH+]1CCN(C(=O)C[NH+](C)CC(=O)NC(C)(C)C)CC1. The van der Waals surface area contributed by atoms with E-state index >= 15 is 0 Å². The highest BCUT2D eigenvalue weighted by Crippen LogP contribution is 2.05. The fraction of sp³-hybridized carbons (Fsp3) is 0.619. The van der Waals surface area contributed by atoms with Gasteiger partial charge in [-0.15, -0.1) is 0 Å². The van der Waals surface area contributed by atoms with Crippen molar-refractivity contribution in [3.05, 3.63) is 35.4 Å². The van der Waals surface area contributed by atoms with Crippen LogP contribution in [0.3, 0.4) is 0 Å². The van der Waals surface area contributed by atoms with Gasteiger partial charge in [0.05, 0.1) is 33.2 Å². The van der Waals surface area contributed by atoms with E-state index in [1.54, 1.807) is 0 Å². The molecule has 3 N–H and O–H groups in total. The molecule has 6 nitrogen and oxygen atoms in total. The van der Waals surface area contributed by atoms with Crippen LogP contribution in [-0.4, -0.2) is 68.6 Å². The Hall–Kier alpha value is -1.92. The second-order valence-corrected chi connectivity index (χ2v) is 8.84. The number of quaternary nitrogens is 2. The number of rotatable bonds is 6. The van der Waals surface area contributed by atoms with Gasteiger partial charge in [0.15, 0.2) is 13.1 Å². The molecule has 0 spiro atoms. The molecule has 1 aromatic rings. The topological polar surface area (TPSA) is 58.3 Å². The molecule has 1 atom stereocenters. The molecule has 1 aromatic carbocycles. The number of aryl methyl sites for hydroxylation is 1. The molecule has 2 amide bonds. The van der Waals surface area contributed by atoms with Gasteiger partial charge >= 0.3 is 0 Å². The Labute approximate surface area is 163 Å². The van der Waals surface area contributed by atoms with Crippen LogP contribution >= 0.6 is 0 Å². The van der Waals surface area contributed by atoms with Gasteiger partial charge in [0.2, 0.25) is 0 Å². The molecule has 0 aliphatic carbocycles. The molecule has 6 heteroatoms. The third kappa shape index (κ3) is 7.31. The maximum absolute atomic E-state index is 12.6. The lowest BCUT2D eigenvalue weighted by Crippen LogP contribution is -3.14. The lowest BCUT2D eigenvalue weighted by Gasteiger charge is -2.32. The number of nitrogens with one attached hydrogen (secondary N) is 3. The molecule has 0 radical (unpaired) electrons. The number of amides is 2. The van der Waals surface area contributed by atoms with E-state index < -0.39 is 0 Å². The van der Waals surface area contributed by atoms with Crippen LogP contribution in [0, 0.1) is 6.92 Å². The average molecular weight is 377 g/mol. The average Bonchev–Trinajstić information content (AvgIpc) is 2.55. The van der Waals surface area contributed by atoms with Gasteiger partial charge in [-0.1, -0.05) is 24.3 Å². The Morgan fingerprint density at radius 1 is 1.15 bits per heavy atom. The van der Waals surface area contributed by atoms with Crippen molar-refractivity contribution >= 4 is 11.8 Å². The number of likely N-dealkylation sites (N-methyl/N-ethyl adjacent to an activating group) is 1. The molecule has 0 aromatic heterocycles. The normalized spacial score (nSPS) is 16.9. The third-order valence-electron chi connectivity index (χ3n) is 4.95. The Balaban J connectivity index is 1.74. The van der Waals surface area contributed by atoms with E-state index in [9.17, 15) is 9.59 Å². The summed E-state index contributed by atoms with van der Waals surface area (Å²) in [7, 11) is 1.90. The first kappa shape index (κ1) is 21.4. The van der Waals surface area contributed by atoms with E-state index in [2.05, 4.69) is 36.5 Å². The van der Waals surface area contributed by atoms with Crippen LogP contribution in [-0.2, 0) is 16.1 Å². The second-order valence-electron chi connectivity index (χ2n) is 8.84. The van der Waals surface area contributed by atoms with Gasteiger partial charge in [-0.25, -0.2) is 0 Å². The third-order valence-corrected chi connectivity index (χ3v) is 4.95. The first-order valence-electron chi connectivity index (χ1n) is 9.92. The van der Waals surface area contributed by atoms with Gasteiger partial charge in [0.1, 0.15) is 6.54 Å². The van der Waals surface area contributed by atoms with Gasteiger partial charge < -0.3 is 20.0 Å². The summed E-state index contributed by atoms with van der Waals surface area (Å²) in [5.41, 5.74) is 2.49. The second kappa shape index (κ2) is 9.33. The van der Waals surface area contributed by atoms with Crippen molar-refractivity contribution in [3.63, 3.8) is 0 Å². The first-order valence-corrected chi connectivity index (χ1v) is 9.92. The van der Waals surface area contributed by atoms with Crippen molar-refractivity contribution < 1.29 is 19.4 Å². The van der Waals surface area contributed by atoms with Crippen molar-refractivity contribution in [2.75, 3.05) is 46.3 Å². The van der Waals surface area contributed by atoms with Gasteiger partial charge in [0.25, 0.3) is 11.8 Å². The molecule has 2 rings (SSSR count). The van der Waals surface area contributed by atoms with Crippen LogP contribution < -0.4 is 15.1 Å². The van der Waals surface area contributed by atoms with E-state index in [4.69, 9.17) is 0 Å². The van der Waals surface area contributed by atoms with E-state index in [1.807, 2.05) is 32.7 Å². The van der Waals surface area contributed by atoms with Crippen molar-refractivity contribution in [1.29, 1.82) is 0 Å². The summed E-state index contributed by atoms with van der Waals surface area (Å²) in [6, 6.07) is 8.52. The molecule has 0 bridgehead atoms. The fourth-order valence-corrected chi connectivity index (χ4v) is 3.50. The Morgan fingerprint density at radius 2 is 1.78 bits per heavy atom.